The molecule has 2 aromatic heterocycles. The van der Waals surface area contributed by atoms with Crippen LogP contribution in [-0.4, -0.2) is 16.9 Å². The summed E-state index contributed by atoms with van der Waals surface area (Å²) >= 11 is 0. The molecule has 0 saturated carbocycles. The van der Waals surface area contributed by atoms with Crippen LogP contribution in [0.4, 0.5) is 21.9 Å². The van der Waals surface area contributed by atoms with Crippen molar-refractivity contribution in [2.24, 2.45) is 0 Å². The highest BCUT2D eigenvalue weighted by atomic mass is 16.3. The summed E-state index contributed by atoms with van der Waals surface area (Å²) in [7, 11) is 0. The molecule has 0 spiro atoms. The van der Waals surface area contributed by atoms with E-state index in [-0.39, 0.29) is 11.7 Å². The Morgan fingerprint density at radius 1 is 0.875 bits per heavy atom. The number of pyridine rings is 1. The Bertz CT molecular complexity index is 832. The van der Waals surface area contributed by atoms with Gasteiger partial charge in [0.2, 0.25) is 0 Å². The molecule has 0 unspecified atom stereocenters. The maximum absolute atomic E-state index is 11.9. The van der Waals surface area contributed by atoms with Gasteiger partial charge >= 0.3 is 6.03 Å². The van der Waals surface area contributed by atoms with Crippen LogP contribution < -0.4 is 16.0 Å². The molecule has 7 nitrogen and oxygen atoms in total. The van der Waals surface area contributed by atoms with E-state index < -0.39 is 6.03 Å². The molecule has 0 atom stereocenters. The van der Waals surface area contributed by atoms with E-state index in [1.165, 1.54) is 6.26 Å². The first-order valence-corrected chi connectivity index (χ1v) is 7.14. The minimum Gasteiger partial charge on any atom is -0.459 e. The summed E-state index contributed by atoms with van der Waals surface area (Å²) in [6, 6.07) is 13.0. The lowest BCUT2D eigenvalue weighted by Crippen LogP contribution is -2.19. The second kappa shape index (κ2) is 7.10. The monoisotopic (exact) mass is 322 g/mol. The first kappa shape index (κ1) is 15.3. The molecule has 3 N–H and O–H groups in total. The maximum atomic E-state index is 11.9. The van der Waals surface area contributed by atoms with Crippen molar-refractivity contribution >= 4 is 29.0 Å². The van der Waals surface area contributed by atoms with Crippen molar-refractivity contribution in [2.45, 2.75) is 0 Å². The first-order valence-electron chi connectivity index (χ1n) is 7.14. The van der Waals surface area contributed by atoms with Crippen molar-refractivity contribution in [1.29, 1.82) is 0 Å². The van der Waals surface area contributed by atoms with Crippen LogP contribution in [0.15, 0.2) is 71.6 Å². The van der Waals surface area contributed by atoms with Crippen molar-refractivity contribution in [3.63, 3.8) is 0 Å². The second-order valence-corrected chi connectivity index (χ2v) is 4.83. The van der Waals surface area contributed by atoms with E-state index in [4.69, 9.17) is 4.42 Å². The molecular weight excluding hydrogens is 308 g/mol. The topological polar surface area (TPSA) is 96.3 Å². The summed E-state index contributed by atoms with van der Waals surface area (Å²) in [5.41, 5.74) is 1.65. The third kappa shape index (κ3) is 3.98. The Hall–Kier alpha value is -3.61. The lowest BCUT2D eigenvalue weighted by atomic mass is 10.2. The van der Waals surface area contributed by atoms with E-state index >= 15 is 0 Å². The van der Waals surface area contributed by atoms with Crippen molar-refractivity contribution < 1.29 is 14.0 Å². The molecule has 3 amide bonds. The van der Waals surface area contributed by atoms with Crippen LogP contribution in [0.5, 0.6) is 0 Å². The molecule has 120 valence electrons. The van der Waals surface area contributed by atoms with E-state index in [2.05, 4.69) is 20.9 Å². The molecule has 7 heteroatoms. The van der Waals surface area contributed by atoms with Crippen molar-refractivity contribution in [3.05, 3.63) is 72.9 Å². The van der Waals surface area contributed by atoms with Gasteiger partial charge in [-0.05, 0) is 42.5 Å². The number of rotatable bonds is 4. The van der Waals surface area contributed by atoms with Crippen LogP contribution in [0.1, 0.15) is 10.6 Å². The van der Waals surface area contributed by atoms with Crippen LogP contribution in [-0.2, 0) is 0 Å². The highest BCUT2D eigenvalue weighted by Crippen LogP contribution is 2.16. The number of amides is 3. The fraction of sp³-hybridized carbons (Fsp3) is 0. The first-order chi connectivity index (χ1) is 11.7. The van der Waals surface area contributed by atoms with E-state index in [9.17, 15) is 9.59 Å². The summed E-state index contributed by atoms with van der Waals surface area (Å²) in [4.78, 5) is 27.8. The molecule has 3 aromatic rings. The second-order valence-electron chi connectivity index (χ2n) is 4.83. The average molecular weight is 322 g/mol. The van der Waals surface area contributed by atoms with Gasteiger partial charge in [-0.15, -0.1) is 0 Å². The van der Waals surface area contributed by atoms with Gasteiger partial charge in [0.05, 0.1) is 18.1 Å². The highest BCUT2D eigenvalue weighted by molar-refractivity contribution is 6.03. The maximum Gasteiger partial charge on any atom is 0.323 e. The van der Waals surface area contributed by atoms with Gasteiger partial charge < -0.3 is 20.4 Å². The lowest BCUT2D eigenvalue weighted by Gasteiger charge is -2.09. The number of carbonyl (C=O) groups is 2. The number of nitrogens with zero attached hydrogens (tertiary/aromatic N) is 1. The summed E-state index contributed by atoms with van der Waals surface area (Å²) in [6.45, 7) is 0. The summed E-state index contributed by atoms with van der Waals surface area (Å²) in [5.74, 6) is -0.153. The van der Waals surface area contributed by atoms with Crippen LogP contribution >= 0.6 is 0 Å². The van der Waals surface area contributed by atoms with Gasteiger partial charge in [0.15, 0.2) is 5.76 Å². The molecule has 0 fully saturated rings. The zero-order valence-corrected chi connectivity index (χ0v) is 12.5. The molecular formula is C17H14N4O3. The molecule has 0 bridgehead atoms. The molecule has 24 heavy (non-hydrogen) atoms. The average Bonchev–Trinajstić information content (AvgIpc) is 3.10. The van der Waals surface area contributed by atoms with E-state index in [1.54, 1.807) is 60.9 Å². The van der Waals surface area contributed by atoms with Gasteiger partial charge in [-0.3, -0.25) is 9.78 Å². The van der Waals surface area contributed by atoms with Gasteiger partial charge in [0, 0.05) is 17.6 Å². The SMILES string of the molecule is O=C(Nc1cccnc1)Nc1cccc(NC(=O)c2ccco2)c1. The highest BCUT2D eigenvalue weighted by Gasteiger charge is 2.09. The van der Waals surface area contributed by atoms with Gasteiger partial charge in [-0.2, -0.15) is 0 Å². The van der Waals surface area contributed by atoms with E-state index in [1.807, 2.05) is 0 Å². The number of hydrogen-bond acceptors (Lipinski definition) is 4. The normalized spacial score (nSPS) is 10.0. The third-order valence-electron chi connectivity index (χ3n) is 3.04. The molecule has 0 aliphatic rings. The fourth-order valence-electron chi connectivity index (χ4n) is 2.01. The number of nitrogens with one attached hydrogen (secondary N) is 3. The Morgan fingerprint density at radius 3 is 2.33 bits per heavy atom. The minimum atomic E-state index is -0.405. The Morgan fingerprint density at radius 2 is 1.62 bits per heavy atom. The molecule has 0 saturated heterocycles. The molecule has 0 radical (unpaired) electrons. The number of hydrogen-bond donors (Lipinski definition) is 3. The Labute approximate surface area is 137 Å². The Kier molecular flexibility index (Phi) is 4.52. The Balaban J connectivity index is 1.62. The standard InChI is InChI=1S/C17H14N4O3/c22-16(15-7-3-9-24-15)19-12-4-1-5-13(10-12)20-17(23)21-14-6-2-8-18-11-14/h1-11H,(H,19,22)(H2,20,21,23). The van der Waals surface area contributed by atoms with Gasteiger partial charge in [-0.1, -0.05) is 6.07 Å². The zero-order valence-electron chi connectivity index (χ0n) is 12.5. The number of urea groups is 1. The predicted octanol–water partition coefficient (Wildman–Crippen LogP) is 3.57. The quantitative estimate of drug-likeness (QED) is 0.684. The number of furan rings is 1. The van der Waals surface area contributed by atoms with E-state index in [0.29, 0.717) is 17.1 Å². The van der Waals surface area contributed by atoms with Crippen molar-refractivity contribution in [2.75, 3.05) is 16.0 Å². The zero-order chi connectivity index (χ0) is 16.8. The molecule has 1 aromatic carbocycles. The van der Waals surface area contributed by atoms with Gasteiger partial charge in [0.25, 0.3) is 5.91 Å². The largest absolute Gasteiger partial charge is 0.459 e. The summed E-state index contributed by atoms with van der Waals surface area (Å²) in [6.07, 6.45) is 4.59. The number of benzene rings is 1. The van der Waals surface area contributed by atoms with Crippen LogP contribution in [0, 0.1) is 0 Å². The molecule has 3 rings (SSSR count). The third-order valence-corrected chi connectivity index (χ3v) is 3.04. The van der Waals surface area contributed by atoms with E-state index in [0.717, 1.165) is 0 Å². The van der Waals surface area contributed by atoms with Crippen molar-refractivity contribution in [1.82, 2.24) is 4.98 Å². The number of anilines is 3. The van der Waals surface area contributed by atoms with Crippen LogP contribution in [0.25, 0.3) is 0 Å². The van der Waals surface area contributed by atoms with Gasteiger partial charge in [0.1, 0.15) is 0 Å². The van der Waals surface area contributed by atoms with Gasteiger partial charge in [-0.25, -0.2) is 4.79 Å². The molecule has 0 aliphatic heterocycles. The fourth-order valence-corrected chi connectivity index (χ4v) is 2.01. The number of carbonyl (C=O) groups excluding carboxylic acids is 2. The van der Waals surface area contributed by atoms with Crippen LogP contribution in [0.2, 0.25) is 0 Å². The molecule has 0 aliphatic carbocycles. The minimum absolute atomic E-state index is 0.211. The van der Waals surface area contributed by atoms with Crippen LogP contribution in [0.3, 0.4) is 0 Å². The smallest absolute Gasteiger partial charge is 0.323 e. The summed E-state index contributed by atoms with van der Waals surface area (Å²) < 4.78 is 5.03. The van der Waals surface area contributed by atoms with Crippen molar-refractivity contribution in [3.8, 4) is 0 Å². The predicted molar refractivity (Wildman–Crippen MR) is 90.0 cm³/mol. The molecule has 2 heterocycles. The lowest BCUT2D eigenvalue weighted by molar-refractivity contribution is 0.0996. The number of aromatic nitrogens is 1. The summed E-state index contributed by atoms with van der Waals surface area (Å²) in [5, 5.41) is 8.04.